The van der Waals surface area contributed by atoms with Crippen LogP contribution < -0.4 is 4.74 Å². The van der Waals surface area contributed by atoms with E-state index in [1.165, 1.54) is 27.8 Å². The molecule has 2 rings (SSSR count). The number of methoxy groups -OCH3 is 1. The van der Waals surface area contributed by atoms with Crippen LogP contribution in [-0.2, 0) is 0 Å². The molecule has 0 aliphatic rings. The van der Waals surface area contributed by atoms with Gasteiger partial charge in [0.1, 0.15) is 5.75 Å². The fourth-order valence-corrected chi connectivity index (χ4v) is 2.39. The monoisotopic (exact) mass is 226 g/mol. The van der Waals surface area contributed by atoms with Gasteiger partial charge in [-0.3, -0.25) is 0 Å². The molecule has 0 amide bonds. The molecule has 0 heterocycles. The SMILES string of the molecule is COc1ccc(-c2c(C)cc(C)cc2C)cc1. The Kier molecular flexibility index (Phi) is 3.19. The minimum Gasteiger partial charge on any atom is -0.497 e. The summed E-state index contributed by atoms with van der Waals surface area (Å²) in [5.74, 6) is 0.899. The third-order valence-electron chi connectivity index (χ3n) is 3.06. The fraction of sp³-hybridized carbons (Fsp3) is 0.250. The topological polar surface area (TPSA) is 9.23 Å². The first-order chi connectivity index (χ1) is 8.11. The van der Waals surface area contributed by atoms with Crippen molar-refractivity contribution in [1.29, 1.82) is 0 Å². The van der Waals surface area contributed by atoms with E-state index in [4.69, 9.17) is 4.74 Å². The van der Waals surface area contributed by atoms with E-state index in [9.17, 15) is 0 Å². The molecule has 0 unspecified atom stereocenters. The summed E-state index contributed by atoms with van der Waals surface area (Å²) in [7, 11) is 1.69. The van der Waals surface area contributed by atoms with E-state index >= 15 is 0 Å². The van der Waals surface area contributed by atoms with Crippen molar-refractivity contribution in [3.05, 3.63) is 53.1 Å². The lowest BCUT2D eigenvalue weighted by atomic mass is 9.94. The third kappa shape index (κ3) is 2.33. The summed E-state index contributed by atoms with van der Waals surface area (Å²) in [6.45, 7) is 6.47. The maximum atomic E-state index is 5.18. The van der Waals surface area contributed by atoms with Gasteiger partial charge in [0.2, 0.25) is 0 Å². The van der Waals surface area contributed by atoms with Crippen LogP contribution in [-0.4, -0.2) is 7.11 Å². The first kappa shape index (κ1) is 11.7. The smallest absolute Gasteiger partial charge is 0.118 e. The maximum absolute atomic E-state index is 5.18. The number of benzene rings is 2. The van der Waals surface area contributed by atoms with E-state index in [-0.39, 0.29) is 0 Å². The zero-order valence-corrected chi connectivity index (χ0v) is 10.9. The van der Waals surface area contributed by atoms with Gasteiger partial charge in [0.15, 0.2) is 0 Å². The Morgan fingerprint density at radius 1 is 0.824 bits per heavy atom. The Morgan fingerprint density at radius 3 is 1.82 bits per heavy atom. The van der Waals surface area contributed by atoms with Crippen molar-refractivity contribution < 1.29 is 4.74 Å². The van der Waals surface area contributed by atoms with Crippen molar-refractivity contribution in [3.8, 4) is 16.9 Å². The molecule has 17 heavy (non-hydrogen) atoms. The minimum absolute atomic E-state index is 0.899. The van der Waals surface area contributed by atoms with Crippen LogP contribution in [0.4, 0.5) is 0 Å². The largest absolute Gasteiger partial charge is 0.497 e. The molecule has 0 bridgehead atoms. The van der Waals surface area contributed by atoms with Crippen molar-refractivity contribution in [1.82, 2.24) is 0 Å². The van der Waals surface area contributed by atoms with Crippen molar-refractivity contribution in [2.24, 2.45) is 0 Å². The van der Waals surface area contributed by atoms with Gasteiger partial charge in [0.25, 0.3) is 0 Å². The number of hydrogen-bond acceptors (Lipinski definition) is 1. The Balaban J connectivity index is 2.52. The first-order valence-corrected chi connectivity index (χ1v) is 5.84. The summed E-state index contributed by atoms with van der Waals surface area (Å²) in [5.41, 5.74) is 6.55. The number of ether oxygens (including phenoxy) is 1. The van der Waals surface area contributed by atoms with Gasteiger partial charge in [-0.05, 0) is 55.2 Å². The molecule has 0 aromatic heterocycles. The third-order valence-corrected chi connectivity index (χ3v) is 3.06. The lowest BCUT2D eigenvalue weighted by molar-refractivity contribution is 0.415. The molecule has 0 atom stereocenters. The molecule has 1 heteroatoms. The quantitative estimate of drug-likeness (QED) is 0.742. The van der Waals surface area contributed by atoms with Crippen LogP contribution in [0.3, 0.4) is 0 Å². The summed E-state index contributed by atoms with van der Waals surface area (Å²) < 4.78 is 5.18. The van der Waals surface area contributed by atoms with E-state index in [2.05, 4.69) is 45.0 Å². The molecule has 0 saturated heterocycles. The van der Waals surface area contributed by atoms with Crippen molar-refractivity contribution in [3.63, 3.8) is 0 Å². The number of rotatable bonds is 2. The molecule has 88 valence electrons. The molecule has 2 aromatic rings. The summed E-state index contributed by atoms with van der Waals surface area (Å²) in [6.07, 6.45) is 0. The van der Waals surface area contributed by atoms with Crippen LogP contribution in [0.25, 0.3) is 11.1 Å². The highest BCUT2D eigenvalue weighted by Crippen LogP contribution is 2.29. The van der Waals surface area contributed by atoms with Crippen molar-refractivity contribution in [2.75, 3.05) is 7.11 Å². The predicted octanol–water partition coefficient (Wildman–Crippen LogP) is 4.29. The summed E-state index contributed by atoms with van der Waals surface area (Å²) in [6, 6.07) is 12.7. The van der Waals surface area contributed by atoms with Gasteiger partial charge in [-0.1, -0.05) is 29.8 Å². The summed E-state index contributed by atoms with van der Waals surface area (Å²) >= 11 is 0. The second-order valence-corrected chi connectivity index (χ2v) is 4.50. The molecule has 0 fully saturated rings. The summed E-state index contributed by atoms with van der Waals surface area (Å²) in [5, 5.41) is 0. The Bertz CT molecular complexity index is 501. The second-order valence-electron chi connectivity index (χ2n) is 4.50. The normalized spacial score (nSPS) is 10.4. The van der Waals surface area contributed by atoms with E-state index in [0.29, 0.717) is 0 Å². The van der Waals surface area contributed by atoms with Crippen LogP contribution >= 0.6 is 0 Å². The Labute approximate surface area is 103 Å². The first-order valence-electron chi connectivity index (χ1n) is 5.84. The molecule has 1 nitrogen and oxygen atoms in total. The lowest BCUT2D eigenvalue weighted by Crippen LogP contribution is -1.90. The Hall–Kier alpha value is -1.76. The van der Waals surface area contributed by atoms with Crippen molar-refractivity contribution in [2.45, 2.75) is 20.8 Å². The lowest BCUT2D eigenvalue weighted by Gasteiger charge is -2.12. The van der Waals surface area contributed by atoms with Gasteiger partial charge >= 0.3 is 0 Å². The minimum atomic E-state index is 0.899. The van der Waals surface area contributed by atoms with Gasteiger partial charge in [-0.15, -0.1) is 0 Å². The number of hydrogen-bond donors (Lipinski definition) is 0. The zero-order chi connectivity index (χ0) is 12.4. The highest BCUT2D eigenvalue weighted by atomic mass is 16.5. The van der Waals surface area contributed by atoms with E-state index in [1.54, 1.807) is 7.11 Å². The molecule has 0 saturated carbocycles. The highest BCUT2D eigenvalue weighted by Gasteiger charge is 2.06. The van der Waals surface area contributed by atoms with Gasteiger partial charge in [-0.2, -0.15) is 0 Å². The van der Waals surface area contributed by atoms with Crippen LogP contribution in [0, 0.1) is 20.8 Å². The van der Waals surface area contributed by atoms with Crippen LogP contribution in [0.5, 0.6) is 5.75 Å². The van der Waals surface area contributed by atoms with Crippen LogP contribution in [0.2, 0.25) is 0 Å². The van der Waals surface area contributed by atoms with Crippen LogP contribution in [0.1, 0.15) is 16.7 Å². The molecular formula is C16H18O. The molecule has 2 aromatic carbocycles. The highest BCUT2D eigenvalue weighted by molar-refractivity contribution is 5.71. The van der Waals surface area contributed by atoms with Gasteiger partial charge in [-0.25, -0.2) is 0 Å². The molecule has 0 N–H and O–H groups in total. The van der Waals surface area contributed by atoms with Crippen LogP contribution in [0.15, 0.2) is 36.4 Å². The van der Waals surface area contributed by atoms with E-state index in [0.717, 1.165) is 5.75 Å². The molecule has 0 aliphatic carbocycles. The maximum Gasteiger partial charge on any atom is 0.118 e. The molecule has 0 radical (unpaired) electrons. The second kappa shape index (κ2) is 4.62. The predicted molar refractivity (Wildman–Crippen MR) is 72.6 cm³/mol. The molecule has 0 spiro atoms. The van der Waals surface area contributed by atoms with Gasteiger partial charge in [0, 0.05) is 0 Å². The summed E-state index contributed by atoms with van der Waals surface area (Å²) in [4.78, 5) is 0. The van der Waals surface area contributed by atoms with E-state index < -0.39 is 0 Å². The van der Waals surface area contributed by atoms with Crippen molar-refractivity contribution >= 4 is 0 Å². The number of aryl methyl sites for hydroxylation is 3. The van der Waals surface area contributed by atoms with Gasteiger partial charge < -0.3 is 4.74 Å². The average molecular weight is 226 g/mol. The van der Waals surface area contributed by atoms with Gasteiger partial charge in [0.05, 0.1) is 7.11 Å². The zero-order valence-electron chi connectivity index (χ0n) is 10.9. The fourth-order valence-electron chi connectivity index (χ4n) is 2.39. The Morgan fingerprint density at radius 2 is 1.35 bits per heavy atom. The standard InChI is InChI=1S/C16H18O/c1-11-9-12(2)16(13(3)10-11)14-5-7-15(17-4)8-6-14/h5-10H,1-4H3. The van der Waals surface area contributed by atoms with E-state index in [1.807, 2.05) is 12.1 Å². The molecule has 0 aliphatic heterocycles. The molecular weight excluding hydrogens is 208 g/mol. The average Bonchev–Trinajstić information content (AvgIpc) is 2.28.